The zero-order valence-corrected chi connectivity index (χ0v) is 11.5. The van der Waals surface area contributed by atoms with Gasteiger partial charge in [-0.3, -0.25) is 0 Å². The minimum atomic E-state index is -0.930. The van der Waals surface area contributed by atoms with Gasteiger partial charge in [-0.1, -0.05) is 0 Å². The predicted molar refractivity (Wildman–Crippen MR) is 72.1 cm³/mol. The minimum Gasteiger partial charge on any atom is -0.478 e. The van der Waals surface area contributed by atoms with Crippen LogP contribution in [0.5, 0.6) is 0 Å². The molecule has 0 saturated carbocycles. The molecule has 18 heavy (non-hydrogen) atoms. The lowest BCUT2D eigenvalue weighted by Gasteiger charge is -2.39. The molecule has 0 fully saturated rings. The first-order valence-electron chi connectivity index (χ1n) is 5.89. The summed E-state index contributed by atoms with van der Waals surface area (Å²) < 4.78 is 0. The summed E-state index contributed by atoms with van der Waals surface area (Å²) in [4.78, 5) is 10.9. The van der Waals surface area contributed by atoms with E-state index in [0.717, 1.165) is 5.69 Å². The van der Waals surface area contributed by atoms with Gasteiger partial charge in [-0.2, -0.15) is 0 Å². The molecule has 3 N–H and O–H groups in total. The van der Waals surface area contributed by atoms with Gasteiger partial charge in [0.1, 0.15) is 0 Å². The summed E-state index contributed by atoms with van der Waals surface area (Å²) in [5, 5.41) is 22.2. The van der Waals surface area contributed by atoms with E-state index in [4.69, 9.17) is 5.11 Å². The van der Waals surface area contributed by atoms with Gasteiger partial charge < -0.3 is 15.5 Å². The second-order valence-corrected chi connectivity index (χ2v) is 5.64. The Kier molecular flexibility index (Phi) is 3.72. The third-order valence-corrected chi connectivity index (χ3v) is 3.44. The monoisotopic (exact) mass is 251 g/mol. The molecule has 1 aromatic carbocycles. The fraction of sp³-hybridized carbons (Fsp3) is 0.500. The number of aromatic carboxylic acids is 1. The fourth-order valence-electron chi connectivity index (χ4n) is 1.50. The highest BCUT2D eigenvalue weighted by Crippen LogP contribution is 2.26. The van der Waals surface area contributed by atoms with Crippen molar-refractivity contribution in [3.63, 3.8) is 0 Å². The van der Waals surface area contributed by atoms with Crippen LogP contribution >= 0.6 is 0 Å². The number of nitrogens with one attached hydrogen (secondary N) is 1. The van der Waals surface area contributed by atoms with Gasteiger partial charge in [-0.15, -0.1) is 0 Å². The van der Waals surface area contributed by atoms with E-state index in [-0.39, 0.29) is 0 Å². The molecule has 0 aromatic heterocycles. The maximum atomic E-state index is 10.9. The average Bonchev–Trinajstić information content (AvgIpc) is 2.14. The SMILES string of the molecule is Cc1cc(NC(C)(C)C(C)(C)O)ccc1C(=O)O. The van der Waals surface area contributed by atoms with Crippen molar-refractivity contribution >= 4 is 11.7 Å². The maximum Gasteiger partial charge on any atom is 0.335 e. The van der Waals surface area contributed by atoms with E-state index in [9.17, 15) is 9.90 Å². The van der Waals surface area contributed by atoms with Crippen LogP contribution in [0.1, 0.15) is 43.6 Å². The topological polar surface area (TPSA) is 69.6 Å². The van der Waals surface area contributed by atoms with Crippen molar-refractivity contribution in [3.05, 3.63) is 29.3 Å². The van der Waals surface area contributed by atoms with E-state index in [1.54, 1.807) is 39.0 Å². The maximum absolute atomic E-state index is 10.9. The third-order valence-electron chi connectivity index (χ3n) is 3.44. The number of carboxylic acids is 1. The number of hydrogen-bond acceptors (Lipinski definition) is 3. The molecule has 0 bridgehead atoms. The lowest BCUT2D eigenvalue weighted by atomic mass is 9.85. The second-order valence-electron chi connectivity index (χ2n) is 5.64. The molecule has 0 radical (unpaired) electrons. The molecule has 0 aliphatic carbocycles. The molecule has 0 amide bonds. The largest absolute Gasteiger partial charge is 0.478 e. The zero-order valence-electron chi connectivity index (χ0n) is 11.5. The molecule has 0 spiro atoms. The van der Waals surface area contributed by atoms with Gasteiger partial charge in [-0.25, -0.2) is 4.79 Å². The van der Waals surface area contributed by atoms with Gasteiger partial charge in [0.05, 0.1) is 16.7 Å². The van der Waals surface area contributed by atoms with Crippen molar-refractivity contribution in [2.45, 2.75) is 45.8 Å². The number of aryl methyl sites for hydroxylation is 1. The number of aliphatic hydroxyl groups is 1. The first-order chi connectivity index (χ1) is 8.04. The van der Waals surface area contributed by atoms with Gasteiger partial charge in [0.25, 0.3) is 0 Å². The summed E-state index contributed by atoms with van der Waals surface area (Å²) in [5.41, 5.74) is 0.363. The smallest absolute Gasteiger partial charge is 0.335 e. The molecule has 0 heterocycles. The van der Waals surface area contributed by atoms with E-state index in [1.165, 1.54) is 0 Å². The van der Waals surface area contributed by atoms with Gasteiger partial charge >= 0.3 is 5.97 Å². The first-order valence-corrected chi connectivity index (χ1v) is 5.89. The predicted octanol–water partition coefficient (Wildman–Crippen LogP) is 2.65. The molecular formula is C14H21NO3. The Bertz CT molecular complexity index is 459. The molecule has 0 aliphatic heterocycles. The lowest BCUT2D eigenvalue weighted by molar-refractivity contribution is 0.0240. The van der Waals surface area contributed by atoms with E-state index < -0.39 is 17.1 Å². The van der Waals surface area contributed by atoms with Crippen LogP contribution in [0.3, 0.4) is 0 Å². The van der Waals surface area contributed by atoms with Crippen molar-refractivity contribution in [1.29, 1.82) is 0 Å². The van der Waals surface area contributed by atoms with Crippen molar-refractivity contribution in [3.8, 4) is 0 Å². The number of rotatable bonds is 4. The highest BCUT2D eigenvalue weighted by Gasteiger charge is 2.34. The quantitative estimate of drug-likeness (QED) is 0.769. The lowest BCUT2D eigenvalue weighted by Crippen LogP contribution is -2.51. The summed E-state index contributed by atoms with van der Waals surface area (Å²) in [6, 6.07) is 5.06. The van der Waals surface area contributed by atoms with Crippen LogP contribution in [0.25, 0.3) is 0 Å². The van der Waals surface area contributed by atoms with Gasteiger partial charge in [0, 0.05) is 5.69 Å². The van der Waals surface area contributed by atoms with Gasteiger partial charge in [-0.05, 0) is 58.4 Å². The molecule has 0 aliphatic rings. The fourth-order valence-corrected chi connectivity index (χ4v) is 1.50. The number of hydrogen-bond donors (Lipinski definition) is 3. The second kappa shape index (κ2) is 4.61. The number of carbonyl (C=O) groups is 1. The van der Waals surface area contributed by atoms with Crippen LogP contribution in [0.2, 0.25) is 0 Å². The Morgan fingerprint density at radius 2 is 1.78 bits per heavy atom. The summed E-state index contributed by atoms with van der Waals surface area (Å²) in [6.45, 7) is 9.02. The summed E-state index contributed by atoms with van der Waals surface area (Å²) in [6.07, 6.45) is 0. The molecule has 0 atom stereocenters. The highest BCUT2D eigenvalue weighted by molar-refractivity contribution is 5.89. The number of anilines is 1. The van der Waals surface area contributed by atoms with Crippen LogP contribution in [0.15, 0.2) is 18.2 Å². The van der Waals surface area contributed by atoms with Crippen molar-refractivity contribution < 1.29 is 15.0 Å². The van der Waals surface area contributed by atoms with Gasteiger partial charge in [0.2, 0.25) is 0 Å². The first kappa shape index (κ1) is 14.5. The molecule has 0 unspecified atom stereocenters. The molecule has 1 rings (SSSR count). The van der Waals surface area contributed by atoms with E-state index >= 15 is 0 Å². The highest BCUT2D eigenvalue weighted by atomic mass is 16.4. The average molecular weight is 251 g/mol. The Balaban J connectivity index is 3.01. The molecular weight excluding hydrogens is 230 g/mol. The molecule has 4 nitrogen and oxygen atoms in total. The van der Waals surface area contributed by atoms with Crippen LogP contribution in [0, 0.1) is 6.92 Å². The summed E-state index contributed by atoms with van der Waals surface area (Å²) in [7, 11) is 0. The van der Waals surface area contributed by atoms with Crippen LogP contribution in [-0.2, 0) is 0 Å². The third kappa shape index (κ3) is 3.01. The van der Waals surface area contributed by atoms with Crippen LogP contribution in [0.4, 0.5) is 5.69 Å². The van der Waals surface area contributed by atoms with Crippen LogP contribution in [-0.4, -0.2) is 27.3 Å². The number of benzene rings is 1. The van der Waals surface area contributed by atoms with E-state index in [0.29, 0.717) is 11.1 Å². The Morgan fingerprint density at radius 1 is 1.22 bits per heavy atom. The molecule has 4 heteroatoms. The zero-order chi connectivity index (χ0) is 14.1. The minimum absolute atomic E-state index is 0.293. The normalized spacial score (nSPS) is 12.3. The van der Waals surface area contributed by atoms with E-state index in [1.807, 2.05) is 13.8 Å². The standard InChI is InChI=1S/C14H21NO3/c1-9-8-10(6-7-11(9)12(16)17)15-13(2,3)14(4,5)18/h6-8,15,18H,1-5H3,(H,16,17). The number of carboxylic acid groups (broad SMARTS) is 1. The van der Waals surface area contributed by atoms with Gasteiger partial charge in [0.15, 0.2) is 0 Å². The Morgan fingerprint density at radius 3 is 2.17 bits per heavy atom. The van der Waals surface area contributed by atoms with Crippen molar-refractivity contribution in [2.24, 2.45) is 0 Å². The Hall–Kier alpha value is -1.55. The molecule has 1 aromatic rings. The van der Waals surface area contributed by atoms with Crippen LogP contribution < -0.4 is 5.32 Å². The summed E-state index contributed by atoms with van der Waals surface area (Å²) >= 11 is 0. The molecule has 0 saturated heterocycles. The van der Waals surface area contributed by atoms with E-state index in [2.05, 4.69) is 5.32 Å². The Labute approximate surface area is 108 Å². The van der Waals surface area contributed by atoms with Crippen molar-refractivity contribution in [2.75, 3.05) is 5.32 Å². The van der Waals surface area contributed by atoms with Crippen molar-refractivity contribution in [1.82, 2.24) is 0 Å². The summed E-state index contributed by atoms with van der Waals surface area (Å²) in [5.74, 6) is -0.930. The molecule has 100 valence electrons.